The Morgan fingerprint density at radius 3 is 2.55 bits per heavy atom. The second kappa shape index (κ2) is 6.61. The molecule has 106 valence electrons. The summed E-state index contributed by atoms with van der Waals surface area (Å²) in [5, 5.41) is 0. The lowest BCUT2D eigenvalue weighted by Crippen LogP contribution is -2.17. The Morgan fingerprint density at radius 1 is 1.15 bits per heavy atom. The van der Waals surface area contributed by atoms with Gasteiger partial charge in [0.2, 0.25) is 0 Å². The minimum absolute atomic E-state index is 0.740. The van der Waals surface area contributed by atoms with E-state index in [0.29, 0.717) is 0 Å². The molecule has 0 saturated heterocycles. The van der Waals surface area contributed by atoms with Crippen molar-refractivity contribution in [2.45, 2.75) is 6.54 Å². The maximum absolute atomic E-state index is 5.33. The molecular formula is C15H17BrN2O2. The quantitative estimate of drug-likeness (QED) is 0.836. The summed E-state index contributed by atoms with van der Waals surface area (Å²) in [7, 11) is 5.32. The summed E-state index contributed by atoms with van der Waals surface area (Å²) in [4.78, 5) is 6.22. The Bertz CT molecular complexity index is 590. The lowest BCUT2D eigenvalue weighted by Gasteiger charge is -2.21. The molecule has 0 atom stereocenters. The lowest BCUT2D eigenvalue weighted by atomic mass is 10.2. The summed E-state index contributed by atoms with van der Waals surface area (Å²) < 4.78 is 11.5. The summed E-state index contributed by atoms with van der Waals surface area (Å²) in [6.07, 6.45) is 3.58. The number of methoxy groups -OCH3 is 2. The van der Waals surface area contributed by atoms with Gasteiger partial charge in [-0.05, 0) is 39.7 Å². The smallest absolute Gasteiger partial charge is 0.161 e. The number of anilines is 1. The van der Waals surface area contributed by atoms with Crippen LogP contribution in [-0.4, -0.2) is 26.3 Å². The van der Waals surface area contributed by atoms with Crippen LogP contribution in [0.15, 0.2) is 41.1 Å². The van der Waals surface area contributed by atoms with Crippen LogP contribution < -0.4 is 14.4 Å². The molecule has 0 amide bonds. The molecule has 0 aliphatic heterocycles. The first-order valence-corrected chi connectivity index (χ1v) is 6.96. The third-order valence-corrected chi connectivity index (χ3v) is 3.64. The van der Waals surface area contributed by atoms with Crippen LogP contribution in [0.1, 0.15) is 5.56 Å². The molecule has 0 aliphatic rings. The summed E-state index contributed by atoms with van der Waals surface area (Å²) in [6.45, 7) is 0.767. The number of nitrogens with zero attached hydrogens (tertiary/aromatic N) is 2. The fraction of sp³-hybridized carbons (Fsp3) is 0.267. The zero-order chi connectivity index (χ0) is 14.5. The van der Waals surface area contributed by atoms with Gasteiger partial charge in [0.15, 0.2) is 11.5 Å². The van der Waals surface area contributed by atoms with Crippen molar-refractivity contribution < 1.29 is 9.47 Å². The van der Waals surface area contributed by atoms with Gasteiger partial charge in [-0.2, -0.15) is 0 Å². The highest BCUT2D eigenvalue weighted by Gasteiger charge is 2.09. The van der Waals surface area contributed by atoms with Gasteiger partial charge in [-0.1, -0.05) is 6.07 Å². The van der Waals surface area contributed by atoms with Crippen LogP contribution in [-0.2, 0) is 6.54 Å². The van der Waals surface area contributed by atoms with Gasteiger partial charge in [0.1, 0.15) is 0 Å². The van der Waals surface area contributed by atoms with E-state index in [1.165, 1.54) is 0 Å². The molecule has 0 radical (unpaired) electrons. The van der Waals surface area contributed by atoms with Crippen LogP contribution in [0.25, 0.3) is 0 Å². The van der Waals surface area contributed by atoms with E-state index < -0.39 is 0 Å². The van der Waals surface area contributed by atoms with Gasteiger partial charge in [-0.25, -0.2) is 0 Å². The average Bonchev–Trinajstić information content (AvgIpc) is 2.47. The van der Waals surface area contributed by atoms with Gasteiger partial charge in [-0.15, -0.1) is 0 Å². The van der Waals surface area contributed by atoms with Crippen molar-refractivity contribution in [3.63, 3.8) is 0 Å². The fourth-order valence-electron chi connectivity index (χ4n) is 2.02. The van der Waals surface area contributed by atoms with E-state index in [4.69, 9.17) is 9.47 Å². The van der Waals surface area contributed by atoms with Gasteiger partial charge in [0.25, 0.3) is 0 Å². The maximum atomic E-state index is 5.33. The summed E-state index contributed by atoms with van der Waals surface area (Å²) in [5.41, 5.74) is 2.24. The average molecular weight is 337 g/mol. The highest BCUT2D eigenvalue weighted by atomic mass is 79.9. The van der Waals surface area contributed by atoms with Gasteiger partial charge >= 0.3 is 0 Å². The third-order valence-electron chi connectivity index (χ3n) is 3.03. The first-order chi connectivity index (χ1) is 9.65. The molecule has 1 aromatic carbocycles. The lowest BCUT2D eigenvalue weighted by molar-refractivity contribution is 0.354. The molecule has 4 nitrogen and oxygen atoms in total. The van der Waals surface area contributed by atoms with E-state index in [1.807, 2.05) is 31.3 Å². The molecule has 1 aromatic heterocycles. The molecule has 0 aliphatic carbocycles. The Labute approximate surface area is 127 Å². The molecule has 0 saturated carbocycles. The fourth-order valence-corrected chi connectivity index (χ4v) is 2.57. The second-order valence-electron chi connectivity index (χ2n) is 4.37. The van der Waals surface area contributed by atoms with Crippen molar-refractivity contribution in [1.82, 2.24) is 4.98 Å². The standard InChI is InChI=1S/C15H17BrN2O2/c1-18(13-6-7-17-9-12(13)16)10-11-4-5-14(19-2)15(8-11)20-3/h4-9H,10H2,1-3H3. The Kier molecular flexibility index (Phi) is 4.84. The van der Waals surface area contributed by atoms with E-state index in [2.05, 4.69) is 25.8 Å². The van der Waals surface area contributed by atoms with Gasteiger partial charge in [0, 0.05) is 26.0 Å². The van der Waals surface area contributed by atoms with Crippen molar-refractivity contribution in [1.29, 1.82) is 0 Å². The van der Waals surface area contributed by atoms with Crippen molar-refractivity contribution in [3.05, 3.63) is 46.7 Å². The highest BCUT2D eigenvalue weighted by molar-refractivity contribution is 9.10. The molecule has 1 heterocycles. The first-order valence-electron chi connectivity index (χ1n) is 6.17. The number of ether oxygens (including phenoxy) is 2. The third kappa shape index (κ3) is 3.22. The van der Waals surface area contributed by atoms with E-state index >= 15 is 0 Å². The molecular weight excluding hydrogens is 320 g/mol. The number of halogens is 1. The summed E-state index contributed by atoms with van der Waals surface area (Å²) in [5.74, 6) is 1.48. The number of benzene rings is 1. The minimum atomic E-state index is 0.740. The largest absolute Gasteiger partial charge is 0.493 e. The summed E-state index contributed by atoms with van der Waals surface area (Å²) in [6, 6.07) is 7.92. The zero-order valence-electron chi connectivity index (χ0n) is 11.8. The Hall–Kier alpha value is -1.75. The van der Waals surface area contributed by atoms with E-state index in [-0.39, 0.29) is 0 Å². The molecule has 20 heavy (non-hydrogen) atoms. The normalized spacial score (nSPS) is 10.2. The highest BCUT2D eigenvalue weighted by Crippen LogP contribution is 2.29. The Morgan fingerprint density at radius 2 is 1.90 bits per heavy atom. The monoisotopic (exact) mass is 336 g/mol. The number of pyridine rings is 1. The number of hydrogen-bond donors (Lipinski definition) is 0. The molecule has 5 heteroatoms. The minimum Gasteiger partial charge on any atom is -0.493 e. The van der Waals surface area contributed by atoms with E-state index in [0.717, 1.165) is 33.8 Å². The van der Waals surface area contributed by atoms with Crippen molar-refractivity contribution in [2.24, 2.45) is 0 Å². The number of rotatable bonds is 5. The van der Waals surface area contributed by atoms with Gasteiger partial charge < -0.3 is 14.4 Å². The van der Waals surface area contributed by atoms with Crippen LogP contribution in [0.3, 0.4) is 0 Å². The second-order valence-corrected chi connectivity index (χ2v) is 5.23. The SMILES string of the molecule is COc1ccc(CN(C)c2ccncc2Br)cc1OC. The number of hydrogen-bond acceptors (Lipinski definition) is 4. The van der Waals surface area contributed by atoms with Crippen molar-refractivity contribution >= 4 is 21.6 Å². The van der Waals surface area contributed by atoms with Crippen molar-refractivity contribution in [3.8, 4) is 11.5 Å². The van der Waals surface area contributed by atoms with Crippen LogP contribution >= 0.6 is 15.9 Å². The molecule has 0 N–H and O–H groups in total. The van der Waals surface area contributed by atoms with E-state index in [1.54, 1.807) is 26.6 Å². The zero-order valence-corrected chi connectivity index (χ0v) is 13.3. The number of aromatic nitrogens is 1. The Balaban J connectivity index is 2.20. The maximum Gasteiger partial charge on any atom is 0.161 e. The predicted octanol–water partition coefficient (Wildman–Crippen LogP) is 3.50. The van der Waals surface area contributed by atoms with Gasteiger partial charge in [-0.3, -0.25) is 4.98 Å². The molecule has 2 rings (SSSR count). The van der Waals surface area contributed by atoms with Crippen LogP contribution in [0, 0.1) is 0 Å². The summed E-state index contributed by atoms with van der Waals surface area (Å²) >= 11 is 3.51. The van der Waals surface area contributed by atoms with Crippen molar-refractivity contribution in [2.75, 3.05) is 26.2 Å². The topological polar surface area (TPSA) is 34.6 Å². The predicted molar refractivity (Wildman–Crippen MR) is 83.6 cm³/mol. The molecule has 0 unspecified atom stereocenters. The van der Waals surface area contributed by atoms with E-state index in [9.17, 15) is 0 Å². The first kappa shape index (κ1) is 14.7. The molecule has 2 aromatic rings. The van der Waals surface area contributed by atoms with Crippen LogP contribution in [0.4, 0.5) is 5.69 Å². The molecule has 0 bridgehead atoms. The molecule has 0 spiro atoms. The van der Waals surface area contributed by atoms with Crippen LogP contribution in [0.5, 0.6) is 11.5 Å². The van der Waals surface area contributed by atoms with Crippen LogP contribution in [0.2, 0.25) is 0 Å². The van der Waals surface area contributed by atoms with Gasteiger partial charge in [0.05, 0.1) is 24.4 Å². The molecule has 0 fully saturated rings.